The van der Waals surface area contributed by atoms with E-state index in [9.17, 15) is 9.18 Å². The average molecular weight is 302 g/mol. The number of halogens is 1. The van der Waals surface area contributed by atoms with E-state index in [0.29, 0.717) is 23.0 Å². The minimum absolute atomic E-state index is 0.00572. The molecule has 0 bridgehead atoms. The Balaban J connectivity index is 1.50. The van der Waals surface area contributed by atoms with Crippen molar-refractivity contribution in [3.8, 4) is 0 Å². The minimum atomic E-state index is -0.281. The first kappa shape index (κ1) is 13.8. The SMILES string of the molecule is Cc1cc(F)cc2[nH]c(C(=O)N3CC(C4CCOC4)C3)cc12. The highest BCUT2D eigenvalue weighted by molar-refractivity contribution is 5.99. The van der Waals surface area contributed by atoms with Gasteiger partial charge in [0.1, 0.15) is 11.5 Å². The summed E-state index contributed by atoms with van der Waals surface area (Å²) in [5, 5.41) is 0.908. The van der Waals surface area contributed by atoms with Crippen LogP contribution >= 0.6 is 0 Å². The number of carbonyl (C=O) groups excluding carboxylic acids is 1. The van der Waals surface area contributed by atoms with Gasteiger partial charge in [-0.2, -0.15) is 0 Å². The van der Waals surface area contributed by atoms with E-state index in [1.165, 1.54) is 12.1 Å². The Labute approximate surface area is 128 Å². The molecule has 2 fully saturated rings. The first-order valence-corrected chi connectivity index (χ1v) is 7.77. The van der Waals surface area contributed by atoms with Gasteiger partial charge in [0.2, 0.25) is 0 Å². The van der Waals surface area contributed by atoms with E-state index in [1.807, 2.05) is 17.9 Å². The Morgan fingerprint density at radius 3 is 2.86 bits per heavy atom. The Bertz CT molecular complexity index is 728. The van der Waals surface area contributed by atoms with Crippen LogP contribution in [0.15, 0.2) is 18.2 Å². The lowest BCUT2D eigenvalue weighted by Crippen LogP contribution is -2.52. The van der Waals surface area contributed by atoms with Crippen LogP contribution in [0.25, 0.3) is 10.9 Å². The molecule has 0 spiro atoms. The Hall–Kier alpha value is -1.88. The molecular weight excluding hydrogens is 283 g/mol. The second-order valence-corrected chi connectivity index (χ2v) is 6.46. The number of nitrogens with zero attached hydrogens (tertiary/aromatic N) is 1. The maximum absolute atomic E-state index is 13.4. The summed E-state index contributed by atoms with van der Waals surface area (Å²) in [5.41, 5.74) is 2.07. The quantitative estimate of drug-likeness (QED) is 0.927. The van der Waals surface area contributed by atoms with Crippen molar-refractivity contribution in [3.05, 3.63) is 35.3 Å². The molecule has 4 nitrogen and oxygen atoms in total. The summed E-state index contributed by atoms with van der Waals surface area (Å²) >= 11 is 0. The van der Waals surface area contributed by atoms with Crippen LogP contribution in [-0.2, 0) is 4.74 Å². The molecule has 1 atom stereocenters. The molecule has 2 aliphatic rings. The van der Waals surface area contributed by atoms with Crippen molar-refractivity contribution >= 4 is 16.8 Å². The van der Waals surface area contributed by atoms with Gasteiger partial charge in [-0.25, -0.2) is 4.39 Å². The van der Waals surface area contributed by atoms with Crippen LogP contribution in [0.1, 0.15) is 22.5 Å². The highest BCUT2D eigenvalue weighted by Crippen LogP contribution is 2.31. The zero-order valence-electron chi connectivity index (χ0n) is 12.6. The van der Waals surface area contributed by atoms with E-state index < -0.39 is 0 Å². The number of ether oxygens (including phenoxy) is 1. The van der Waals surface area contributed by atoms with Crippen molar-refractivity contribution in [1.82, 2.24) is 9.88 Å². The fraction of sp³-hybridized carbons (Fsp3) is 0.471. The third-order valence-electron chi connectivity index (χ3n) is 4.97. The average Bonchev–Trinajstić information content (AvgIpc) is 3.05. The predicted molar refractivity (Wildman–Crippen MR) is 81.3 cm³/mol. The van der Waals surface area contributed by atoms with Gasteiger partial charge in [0.05, 0.1) is 0 Å². The molecule has 4 rings (SSSR count). The summed E-state index contributed by atoms with van der Waals surface area (Å²) in [4.78, 5) is 17.4. The van der Waals surface area contributed by atoms with Crippen molar-refractivity contribution in [1.29, 1.82) is 0 Å². The Morgan fingerprint density at radius 1 is 1.32 bits per heavy atom. The molecule has 5 heteroatoms. The molecule has 3 heterocycles. The molecule has 1 unspecified atom stereocenters. The van der Waals surface area contributed by atoms with Crippen LogP contribution < -0.4 is 0 Å². The number of hydrogen-bond acceptors (Lipinski definition) is 2. The largest absolute Gasteiger partial charge is 0.381 e. The standard InChI is InChI=1S/C17H19FN2O2/c1-10-4-13(18)5-15-14(10)6-16(19-15)17(21)20-7-12(8-20)11-2-3-22-9-11/h4-6,11-12,19H,2-3,7-9H2,1H3. The molecule has 22 heavy (non-hydrogen) atoms. The molecule has 0 aliphatic carbocycles. The number of fused-ring (bicyclic) bond motifs is 1. The lowest BCUT2D eigenvalue weighted by molar-refractivity contribution is 0.0337. The fourth-order valence-electron chi connectivity index (χ4n) is 3.56. The van der Waals surface area contributed by atoms with E-state index in [-0.39, 0.29) is 11.7 Å². The summed E-state index contributed by atoms with van der Waals surface area (Å²) in [7, 11) is 0. The number of amides is 1. The maximum atomic E-state index is 13.4. The molecule has 2 aliphatic heterocycles. The van der Waals surface area contributed by atoms with Crippen molar-refractivity contribution in [2.75, 3.05) is 26.3 Å². The Kier molecular flexibility index (Phi) is 3.18. The number of aromatic amines is 1. The summed E-state index contributed by atoms with van der Waals surface area (Å²) in [5.74, 6) is 0.889. The zero-order valence-corrected chi connectivity index (χ0v) is 12.6. The molecular formula is C17H19FN2O2. The van der Waals surface area contributed by atoms with Gasteiger partial charge in [-0.15, -0.1) is 0 Å². The van der Waals surface area contributed by atoms with Gasteiger partial charge in [-0.05, 0) is 48.9 Å². The van der Waals surface area contributed by atoms with E-state index in [2.05, 4.69) is 4.98 Å². The number of carbonyl (C=O) groups is 1. The van der Waals surface area contributed by atoms with Gasteiger partial charge in [0.15, 0.2) is 0 Å². The molecule has 1 aromatic carbocycles. The zero-order chi connectivity index (χ0) is 15.3. The topological polar surface area (TPSA) is 45.3 Å². The number of likely N-dealkylation sites (tertiary alicyclic amines) is 1. The Morgan fingerprint density at radius 2 is 2.14 bits per heavy atom. The molecule has 2 saturated heterocycles. The van der Waals surface area contributed by atoms with Gasteiger partial charge in [-0.1, -0.05) is 0 Å². The number of rotatable bonds is 2. The second kappa shape index (κ2) is 5.09. The van der Waals surface area contributed by atoms with Crippen LogP contribution in [0.3, 0.4) is 0 Å². The summed E-state index contributed by atoms with van der Waals surface area (Å²) in [6, 6.07) is 4.76. The first-order chi connectivity index (χ1) is 10.6. The van der Waals surface area contributed by atoms with E-state index in [4.69, 9.17) is 4.74 Å². The van der Waals surface area contributed by atoms with Crippen LogP contribution in [0.2, 0.25) is 0 Å². The number of benzene rings is 1. The predicted octanol–water partition coefficient (Wildman–Crippen LogP) is 2.72. The second-order valence-electron chi connectivity index (χ2n) is 6.46. The van der Waals surface area contributed by atoms with Gasteiger partial charge < -0.3 is 14.6 Å². The lowest BCUT2D eigenvalue weighted by atomic mass is 9.85. The summed E-state index contributed by atoms with van der Waals surface area (Å²) in [6.07, 6.45) is 1.11. The number of nitrogens with one attached hydrogen (secondary N) is 1. The van der Waals surface area contributed by atoms with Crippen LogP contribution in [0.5, 0.6) is 0 Å². The van der Waals surface area contributed by atoms with Crippen LogP contribution in [0.4, 0.5) is 4.39 Å². The van der Waals surface area contributed by atoms with E-state index in [0.717, 1.165) is 43.7 Å². The van der Waals surface area contributed by atoms with Crippen molar-refractivity contribution < 1.29 is 13.9 Å². The van der Waals surface area contributed by atoms with E-state index in [1.54, 1.807) is 0 Å². The molecule has 1 aromatic heterocycles. The normalized spacial score (nSPS) is 22.3. The van der Waals surface area contributed by atoms with Gasteiger partial charge in [0.25, 0.3) is 5.91 Å². The van der Waals surface area contributed by atoms with E-state index >= 15 is 0 Å². The number of aryl methyl sites for hydroxylation is 1. The number of aromatic nitrogens is 1. The highest BCUT2D eigenvalue weighted by atomic mass is 19.1. The third kappa shape index (κ3) is 2.20. The van der Waals surface area contributed by atoms with Gasteiger partial charge in [-0.3, -0.25) is 4.79 Å². The molecule has 1 N–H and O–H groups in total. The smallest absolute Gasteiger partial charge is 0.270 e. The fourth-order valence-corrected chi connectivity index (χ4v) is 3.56. The van der Waals surface area contributed by atoms with Crippen molar-refractivity contribution in [2.45, 2.75) is 13.3 Å². The molecule has 0 saturated carbocycles. The van der Waals surface area contributed by atoms with Gasteiger partial charge >= 0.3 is 0 Å². The maximum Gasteiger partial charge on any atom is 0.270 e. The first-order valence-electron chi connectivity index (χ1n) is 7.77. The summed E-state index contributed by atoms with van der Waals surface area (Å²) < 4.78 is 18.9. The third-order valence-corrected chi connectivity index (χ3v) is 4.97. The minimum Gasteiger partial charge on any atom is -0.381 e. The van der Waals surface area contributed by atoms with Crippen LogP contribution in [-0.4, -0.2) is 42.1 Å². The molecule has 2 aromatic rings. The van der Waals surface area contributed by atoms with Crippen molar-refractivity contribution in [3.63, 3.8) is 0 Å². The monoisotopic (exact) mass is 302 g/mol. The number of H-pyrrole nitrogens is 1. The molecule has 0 radical (unpaired) electrons. The van der Waals surface area contributed by atoms with Crippen LogP contribution in [0, 0.1) is 24.6 Å². The highest BCUT2D eigenvalue weighted by Gasteiger charge is 2.38. The van der Waals surface area contributed by atoms with Crippen molar-refractivity contribution in [2.24, 2.45) is 11.8 Å². The molecule has 116 valence electrons. The number of hydrogen-bond donors (Lipinski definition) is 1. The lowest BCUT2D eigenvalue weighted by Gasteiger charge is -2.41. The summed E-state index contributed by atoms with van der Waals surface area (Å²) in [6.45, 7) is 5.14. The molecule has 1 amide bonds. The van der Waals surface area contributed by atoms with Gasteiger partial charge in [0, 0.05) is 37.2 Å².